The number of carbonyl (C=O) groups excluding carboxylic acids is 1. The molecular weight excluding hydrogens is 520 g/mol. The maximum Gasteiger partial charge on any atom is 0.265 e. The van der Waals surface area contributed by atoms with Gasteiger partial charge in [0.1, 0.15) is 0 Å². The number of hydrogen-bond acceptors (Lipinski definition) is 3. The van der Waals surface area contributed by atoms with Gasteiger partial charge in [-0.05, 0) is 88.9 Å². The molecule has 1 saturated carbocycles. The molecule has 4 rings (SSSR count). The van der Waals surface area contributed by atoms with Gasteiger partial charge in [0.2, 0.25) is 0 Å². The van der Waals surface area contributed by atoms with Crippen LogP contribution < -0.4 is 10.0 Å². The van der Waals surface area contributed by atoms with E-state index in [-0.39, 0.29) is 22.4 Å². The second-order valence-corrected chi connectivity index (χ2v) is 14.1. The molecule has 9 heteroatoms. The van der Waals surface area contributed by atoms with Gasteiger partial charge in [-0.3, -0.25) is 4.79 Å². The molecule has 216 valence electrons. The van der Waals surface area contributed by atoms with Crippen molar-refractivity contribution in [3.63, 3.8) is 0 Å². The molecule has 1 aliphatic carbocycles. The fourth-order valence-electron chi connectivity index (χ4n) is 5.81. The molecule has 2 fully saturated rings. The summed E-state index contributed by atoms with van der Waals surface area (Å²) in [6.07, 6.45) is 4.54. The maximum absolute atomic E-state index is 14.4. The van der Waals surface area contributed by atoms with Gasteiger partial charge in [0.25, 0.3) is 12.3 Å². The highest BCUT2D eigenvalue weighted by Crippen LogP contribution is 2.35. The third-order valence-corrected chi connectivity index (χ3v) is 9.72. The molecule has 2 N–H and O–H groups in total. The number of nitrogens with zero attached hydrogens (tertiary/aromatic N) is 1. The van der Waals surface area contributed by atoms with Crippen LogP contribution in [0.1, 0.15) is 93.8 Å². The normalized spacial score (nSPS) is 19.3. The summed E-state index contributed by atoms with van der Waals surface area (Å²) < 4.78 is 52.6. The molecule has 39 heavy (non-hydrogen) atoms. The van der Waals surface area contributed by atoms with Crippen molar-refractivity contribution in [1.82, 2.24) is 14.6 Å². The first-order valence-corrected chi connectivity index (χ1v) is 15.8. The van der Waals surface area contributed by atoms with Crippen LogP contribution in [0.3, 0.4) is 0 Å². The van der Waals surface area contributed by atoms with E-state index in [9.17, 15) is 17.8 Å². The topological polar surface area (TPSA) is 72.4 Å². The van der Waals surface area contributed by atoms with E-state index in [4.69, 9.17) is 4.74 Å². The summed E-state index contributed by atoms with van der Waals surface area (Å²) in [5.41, 5.74) is 1.81. The van der Waals surface area contributed by atoms with E-state index in [1.807, 2.05) is 33.8 Å². The van der Waals surface area contributed by atoms with Crippen molar-refractivity contribution in [1.29, 1.82) is 0 Å². The first kappa shape index (κ1) is 29.7. The molecule has 1 aliphatic heterocycles. The minimum absolute atomic E-state index is 0.00997. The monoisotopic (exact) mass is 563 g/mol. The number of amides is 1. The van der Waals surface area contributed by atoms with Crippen molar-refractivity contribution in [3.05, 3.63) is 41.1 Å². The Morgan fingerprint density at radius 1 is 1.13 bits per heavy atom. The minimum atomic E-state index is -3.17. The number of benzene rings is 1. The van der Waals surface area contributed by atoms with Crippen LogP contribution in [0, 0.1) is 12.8 Å². The highest BCUT2D eigenvalue weighted by molar-refractivity contribution is 7.98. The summed E-state index contributed by atoms with van der Waals surface area (Å²) in [6.45, 7) is 9.38. The Morgan fingerprint density at radius 3 is 2.41 bits per heavy atom. The summed E-state index contributed by atoms with van der Waals surface area (Å²) in [6, 6.07) is 6.52. The van der Waals surface area contributed by atoms with E-state index in [0.717, 1.165) is 43.6 Å². The Bertz CT molecular complexity index is 1270. The molecule has 1 aromatic carbocycles. The van der Waals surface area contributed by atoms with Crippen LogP contribution in [0.4, 0.5) is 8.78 Å². The summed E-state index contributed by atoms with van der Waals surface area (Å²) in [4.78, 5) is 13.4. The zero-order valence-corrected chi connectivity index (χ0v) is 24.5. The average molecular weight is 564 g/mol. The lowest BCUT2D eigenvalue weighted by molar-refractivity contribution is 0.0696. The van der Waals surface area contributed by atoms with Crippen molar-refractivity contribution >= 4 is 21.5 Å². The number of rotatable bonds is 8. The lowest BCUT2D eigenvalue weighted by Crippen LogP contribution is -2.40. The molecule has 1 atom stereocenters. The van der Waals surface area contributed by atoms with Gasteiger partial charge in [-0.2, -0.15) is 0 Å². The summed E-state index contributed by atoms with van der Waals surface area (Å²) in [5.74, 6) is 4.10. The predicted molar refractivity (Wildman–Crippen MR) is 154 cm³/mol. The van der Waals surface area contributed by atoms with Gasteiger partial charge >= 0.3 is 0 Å². The Hall–Kier alpha value is -2.23. The zero-order valence-electron chi connectivity index (χ0n) is 23.7. The molecule has 2 aliphatic rings. The average Bonchev–Trinajstić information content (AvgIpc) is 3.19. The quantitative estimate of drug-likeness (QED) is 0.372. The van der Waals surface area contributed by atoms with Crippen molar-refractivity contribution in [2.45, 2.75) is 102 Å². The number of ether oxygens (including phenoxy) is 1. The Balaban J connectivity index is 1.75. The van der Waals surface area contributed by atoms with Crippen LogP contribution in [0.5, 0.6) is 0 Å². The molecule has 1 aromatic heterocycles. The number of hydrogen-bond donors (Lipinski definition) is 2. The fraction of sp³-hybridized carbons (Fsp3) is 0.600. The van der Waals surface area contributed by atoms with Crippen LogP contribution in [-0.4, -0.2) is 45.3 Å². The first-order chi connectivity index (χ1) is 18.4. The minimum Gasteiger partial charge on any atom is -0.381 e. The second-order valence-electron chi connectivity index (χ2n) is 12.1. The first-order valence-electron chi connectivity index (χ1n) is 14.0. The summed E-state index contributed by atoms with van der Waals surface area (Å²) in [5, 5.41) is 3.15. The predicted octanol–water partition coefficient (Wildman–Crippen LogP) is 6.27. The highest BCUT2D eigenvalue weighted by atomic mass is 32.2. The van der Waals surface area contributed by atoms with Gasteiger partial charge in [-0.1, -0.05) is 25.3 Å². The summed E-state index contributed by atoms with van der Waals surface area (Å²) >= 11 is 0. The number of carbonyl (C=O) groups is 1. The fourth-order valence-corrected chi connectivity index (χ4v) is 7.73. The molecule has 0 radical (unpaired) electrons. The van der Waals surface area contributed by atoms with E-state index in [1.54, 1.807) is 6.07 Å². The largest absolute Gasteiger partial charge is 0.381 e. The van der Waals surface area contributed by atoms with Crippen LogP contribution in [0.2, 0.25) is 0 Å². The van der Waals surface area contributed by atoms with Crippen molar-refractivity contribution in [2.75, 3.05) is 13.2 Å². The standard InChI is InChI=1S/C30H43F2N3O3S/c1-20-24(29(36)33-23-13-15-38-16-14-23)18-26(35(20)19-21-9-7-6-8-10-21)22-11-12-27(25(17-22)28(31)32)39(5,37)34-30(2,3)4/h11-12,17-18,21,23,28H,5-10,13-16,19H2,1-4H3,(H,33,36)(H,34,37). The second kappa shape index (κ2) is 12.1. The molecule has 0 bridgehead atoms. The molecule has 1 unspecified atom stereocenters. The number of nitrogens with one attached hydrogen (secondary N) is 2. The molecule has 2 aromatic rings. The van der Waals surface area contributed by atoms with Crippen molar-refractivity contribution in [3.8, 4) is 11.3 Å². The van der Waals surface area contributed by atoms with E-state index in [2.05, 4.69) is 20.5 Å². The maximum atomic E-state index is 14.4. The van der Waals surface area contributed by atoms with Gasteiger partial charge in [-0.25, -0.2) is 17.7 Å². The smallest absolute Gasteiger partial charge is 0.265 e. The third kappa shape index (κ3) is 7.30. The lowest BCUT2D eigenvalue weighted by Gasteiger charge is -2.26. The van der Waals surface area contributed by atoms with Crippen LogP contribution in [0.25, 0.3) is 11.3 Å². The van der Waals surface area contributed by atoms with Crippen LogP contribution >= 0.6 is 0 Å². The molecule has 0 spiro atoms. The van der Waals surface area contributed by atoms with Crippen LogP contribution in [0.15, 0.2) is 29.2 Å². The van der Waals surface area contributed by atoms with E-state index < -0.39 is 21.7 Å². The van der Waals surface area contributed by atoms with E-state index >= 15 is 0 Å². The molecule has 2 heterocycles. The Kier molecular flexibility index (Phi) is 9.23. The van der Waals surface area contributed by atoms with Gasteiger partial charge in [0.05, 0.1) is 20.2 Å². The molecule has 1 amide bonds. The molecule has 1 saturated heterocycles. The number of aromatic nitrogens is 1. The Morgan fingerprint density at radius 2 is 1.79 bits per heavy atom. The van der Waals surface area contributed by atoms with Gasteiger partial charge in [0.15, 0.2) is 0 Å². The molecule has 6 nitrogen and oxygen atoms in total. The lowest BCUT2D eigenvalue weighted by atomic mass is 9.89. The Labute approximate surface area is 232 Å². The number of alkyl halides is 2. The van der Waals surface area contributed by atoms with Crippen molar-refractivity contribution < 1.29 is 22.5 Å². The molecular formula is C30H43F2N3O3S. The van der Waals surface area contributed by atoms with E-state index in [0.29, 0.717) is 30.3 Å². The summed E-state index contributed by atoms with van der Waals surface area (Å²) in [7, 11) is -3.17. The third-order valence-electron chi connectivity index (χ3n) is 7.70. The van der Waals surface area contributed by atoms with Crippen molar-refractivity contribution in [2.24, 2.45) is 5.92 Å². The zero-order chi connectivity index (χ0) is 28.4. The van der Waals surface area contributed by atoms with E-state index in [1.165, 1.54) is 31.4 Å². The van der Waals surface area contributed by atoms with Gasteiger partial charge < -0.3 is 14.6 Å². The highest BCUT2D eigenvalue weighted by Gasteiger charge is 2.27. The number of halogens is 2. The van der Waals surface area contributed by atoms with Gasteiger partial charge in [0, 0.05) is 48.3 Å². The SMILES string of the molecule is C=S(=O)(NC(C)(C)C)c1ccc(-c2cc(C(=O)NC3CCOCC3)c(C)n2CC2CCCCC2)cc1C(F)F. The van der Waals surface area contributed by atoms with Gasteiger partial charge in [-0.15, -0.1) is 0 Å². The van der Waals surface area contributed by atoms with Crippen LogP contribution in [-0.2, 0) is 21.0 Å².